The first kappa shape index (κ1) is 16.2. The predicted octanol–water partition coefficient (Wildman–Crippen LogP) is 2.09. The van der Waals surface area contributed by atoms with Gasteiger partial charge in [-0.15, -0.1) is 0 Å². The third kappa shape index (κ3) is 3.17. The summed E-state index contributed by atoms with van der Waals surface area (Å²) >= 11 is 0. The molecular formula is C18H24N6O. The molecule has 0 aromatic carbocycles. The van der Waals surface area contributed by atoms with E-state index in [0.717, 1.165) is 54.4 Å². The Bertz CT molecular complexity index is 883. The third-order valence-electron chi connectivity index (χ3n) is 4.78. The standard InChI is InChI=1S/C18H24N6O/c1-12-7-13(2)24-15(10-20-18(24)22-12)9-19-16-5-4-6-25-17(16)14-8-21-23(3)11-14/h7-8,10-11,16-17,19H,4-6,9H2,1-3H3/t16-,17+/m0/s1. The number of aromatic nitrogens is 5. The predicted molar refractivity (Wildman–Crippen MR) is 94.2 cm³/mol. The zero-order valence-electron chi connectivity index (χ0n) is 14.9. The maximum absolute atomic E-state index is 6.04. The number of hydrogen-bond donors (Lipinski definition) is 1. The van der Waals surface area contributed by atoms with Crippen molar-refractivity contribution in [2.75, 3.05) is 6.61 Å². The molecule has 0 saturated carbocycles. The van der Waals surface area contributed by atoms with Crippen molar-refractivity contribution in [3.05, 3.63) is 47.3 Å². The summed E-state index contributed by atoms with van der Waals surface area (Å²) in [6.45, 7) is 5.62. The van der Waals surface area contributed by atoms with Gasteiger partial charge in [-0.3, -0.25) is 9.08 Å². The summed E-state index contributed by atoms with van der Waals surface area (Å²) in [5.74, 6) is 0.762. The van der Waals surface area contributed by atoms with Crippen molar-refractivity contribution < 1.29 is 4.74 Å². The summed E-state index contributed by atoms with van der Waals surface area (Å²) in [7, 11) is 1.94. The van der Waals surface area contributed by atoms with Crippen LogP contribution in [0.3, 0.4) is 0 Å². The molecule has 1 fully saturated rings. The second-order valence-corrected chi connectivity index (χ2v) is 6.79. The molecule has 0 amide bonds. The van der Waals surface area contributed by atoms with Crippen LogP contribution in [0.2, 0.25) is 0 Å². The average Bonchev–Trinajstić information content (AvgIpc) is 3.19. The normalized spacial score (nSPS) is 21.1. The van der Waals surface area contributed by atoms with E-state index < -0.39 is 0 Å². The molecular weight excluding hydrogens is 316 g/mol. The third-order valence-corrected chi connectivity index (χ3v) is 4.78. The lowest BCUT2D eigenvalue weighted by Crippen LogP contribution is -2.39. The molecule has 0 aliphatic carbocycles. The van der Waals surface area contributed by atoms with Gasteiger partial charge in [-0.05, 0) is 32.8 Å². The number of nitrogens with one attached hydrogen (secondary N) is 1. The molecule has 0 bridgehead atoms. The van der Waals surface area contributed by atoms with Crippen molar-refractivity contribution >= 4 is 5.78 Å². The molecule has 7 heteroatoms. The van der Waals surface area contributed by atoms with Crippen molar-refractivity contribution in [3.63, 3.8) is 0 Å². The topological polar surface area (TPSA) is 69.3 Å². The summed E-state index contributed by atoms with van der Waals surface area (Å²) in [6, 6.07) is 2.35. The van der Waals surface area contributed by atoms with Gasteiger partial charge in [0.2, 0.25) is 5.78 Å². The second kappa shape index (κ2) is 6.57. The Morgan fingerprint density at radius 2 is 2.20 bits per heavy atom. The fraction of sp³-hybridized carbons (Fsp3) is 0.500. The molecule has 4 rings (SSSR count). The number of aryl methyl sites for hydroxylation is 3. The number of imidazole rings is 1. The Morgan fingerprint density at radius 3 is 3.00 bits per heavy atom. The lowest BCUT2D eigenvalue weighted by atomic mass is 9.98. The van der Waals surface area contributed by atoms with Crippen LogP contribution in [-0.4, -0.2) is 36.8 Å². The molecule has 1 saturated heterocycles. The van der Waals surface area contributed by atoms with E-state index in [1.807, 2.05) is 37.2 Å². The van der Waals surface area contributed by atoms with Gasteiger partial charge in [-0.2, -0.15) is 5.10 Å². The molecule has 0 radical (unpaired) electrons. The monoisotopic (exact) mass is 340 g/mol. The highest BCUT2D eigenvalue weighted by atomic mass is 16.5. The van der Waals surface area contributed by atoms with Crippen molar-refractivity contribution in [3.8, 4) is 0 Å². The van der Waals surface area contributed by atoms with Crippen LogP contribution >= 0.6 is 0 Å². The van der Waals surface area contributed by atoms with Gasteiger partial charge in [-0.1, -0.05) is 0 Å². The fourth-order valence-corrected chi connectivity index (χ4v) is 3.66. The minimum absolute atomic E-state index is 0.0445. The molecule has 7 nitrogen and oxygen atoms in total. The zero-order valence-corrected chi connectivity index (χ0v) is 14.9. The Morgan fingerprint density at radius 1 is 1.32 bits per heavy atom. The molecule has 0 spiro atoms. The lowest BCUT2D eigenvalue weighted by molar-refractivity contribution is -0.0113. The largest absolute Gasteiger partial charge is 0.372 e. The van der Waals surface area contributed by atoms with Gasteiger partial charge in [0, 0.05) is 49.4 Å². The molecule has 3 aromatic rings. The molecule has 1 N–H and O–H groups in total. The van der Waals surface area contributed by atoms with Gasteiger partial charge in [0.25, 0.3) is 0 Å². The summed E-state index contributed by atoms with van der Waals surface area (Å²) in [5, 5.41) is 7.95. The smallest absolute Gasteiger partial charge is 0.234 e. The highest BCUT2D eigenvalue weighted by Gasteiger charge is 2.28. The maximum Gasteiger partial charge on any atom is 0.234 e. The van der Waals surface area contributed by atoms with Gasteiger partial charge < -0.3 is 10.1 Å². The summed E-state index contributed by atoms with van der Waals surface area (Å²) in [4.78, 5) is 8.96. The first-order chi connectivity index (χ1) is 12.1. The van der Waals surface area contributed by atoms with Crippen LogP contribution in [0.5, 0.6) is 0 Å². The summed E-state index contributed by atoms with van der Waals surface area (Å²) in [5.41, 5.74) is 4.40. The molecule has 1 aliphatic heterocycles. The van der Waals surface area contributed by atoms with Gasteiger partial charge in [0.1, 0.15) is 6.10 Å². The highest BCUT2D eigenvalue weighted by molar-refractivity contribution is 5.35. The fourth-order valence-electron chi connectivity index (χ4n) is 3.66. The zero-order chi connectivity index (χ0) is 17.4. The molecule has 0 unspecified atom stereocenters. The first-order valence-electron chi connectivity index (χ1n) is 8.76. The van der Waals surface area contributed by atoms with Crippen LogP contribution in [-0.2, 0) is 18.3 Å². The molecule has 25 heavy (non-hydrogen) atoms. The minimum atomic E-state index is 0.0445. The van der Waals surface area contributed by atoms with Crippen LogP contribution in [0.25, 0.3) is 5.78 Å². The van der Waals surface area contributed by atoms with Gasteiger partial charge in [0.15, 0.2) is 0 Å². The van der Waals surface area contributed by atoms with Crippen molar-refractivity contribution in [1.29, 1.82) is 0 Å². The first-order valence-corrected chi connectivity index (χ1v) is 8.76. The number of ether oxygens (including phenoxy) is 1. The van der Waals surface area contributed by atoms with E-state index in [1.165, 1.54) is 0 Å². The Labute approximate surface area is 147 Å². The highest BCUT2D eigenvalue weighted by Crippen LogP contribution is 2.28. The van der Waals surface area contributed by atoms with Crippen molar-refractivity contribution in [2.24, 2.45) is 7.05 Å². The van der Waals surface area contributed by atoms with Gasteiger partial charge in [0.05, 0.1) is 18.1 Å². The molecule has 3 aromatic heterocycles. The number of fused-ring (bicyclic) bond motifs is 1. The quantitative estimate of drug-likeness (QED) is 0.787. The van der Waals surface area contributed by atoms with Crippen LogP contribution in [0.1, 0.15) is 41.6 Å². The lowest BCUT2D eigenvalue weighted by Gasteiger charge is -2.32. The van der Waals surface area contributed by atoms with E-state index >= 15 is 0 Å². The molecule has 4 heterocycles. The number of hydrogen-bond acceptors (Lipinski definition) is 5. The number of nitrogens with zero attached hydrogens (tertiary/aromatic N) is 5. The van der Waals surface area contributed by atoms with Crippen molar-refractivity contribution in [2.45, 2.75) is 45.4 Å². The Balaban J connectivity index is 1.53. The van der Waals surface area contributed by atoms with E-state index in [1.54, 1.807) is 0 Å². The van der Waals surface area contributed by atoms with Crippen LogP contribution < -0.4 is 5.32 Å². The van der Waals surface area contributed by atoms with E-state index in [2.05, 4.69) is 37.8 Å². The molecule has 2 atom stereocenters. The van der Waals surface area contributed by atoms with E-state index in [9.17, 15) is 0 Å². The minimum Gasteiger partial charge on any atom is -0.372 e. The van der Waals surface area contributed by atoms with E-state index in [4.69, 9.17) is 4.74 Å². The van der Waals surface area contributed by atoms with E-state index in [0.29, 0.717) is 0 Å². The maximum atomic E-state index is 6.04. The average molecular weight is 340 g/mol. The van der Waals surface area contributed by atoms with Gasteiger partial charge in [-0.25, -0.2) is 9.97 Å². The number of rotatable bonds is 4. The summed E-state index contributed by atoms with van der Waals surface area (Å²) in [6.07, 6.45) is 8.05. The van der Waals surface area contributed by atoms with Crippen molar-refractivity contribution in [1.82, 2.24) is 29.5 Å². The molecule has 132 valence electrons. The van der Waals surface area contributed by atoms with Gasteiger partial charge >= 0.3 is 0 Å². The SMILES string of the molecule is Cc1cc(C)n2c(CN[C@H]3CCCO[C@@H]3c3cnn(C)c3)cnc2n1. The molecule has 1 aliphatic rings. The Hall–Kier alpha value is -2.25. The summed E-state index contributed by atoms with van der Waals surface area (Å²) < 4.78 is 9.98. The van der Waals surface area contributed by atoms with E-state index in [-0.39, 0.29) is 12.1 Å². The van der Waals surface area contributed by atoms with Crippen LogP contribution in [0, 0.1) is 13.8 Å². The van der Waals surface area contributed by atoms with Crippen LogP contribution in [0.15, 0.2) is 24.7 Å². The Kier molecular flexibility index (Phi) is 4.27. The second-order valence-electron chi connectivity index (χ2n) is 6.79. The van der Waals surface area contributed by atoms with Crippen LogP contribution in [0.4, 0.5) is 0 Å².